The molecular weight excluding hydrogens is 152 g/mol. The third kappa shape index (κ3) is 2.47. The fraction of sp³-hybridized carbons (Fsp3) is 0.833. The highest BCUT2D eigenvalue weighted by Crippen LogP contribution is 2.30. The van der Waals surface area contributed by atoms with E-state index in [2.05, 4.69) is 0 Å². The minimum atomic E-state index is -3.04. The zero-order valence-electron chi connectivity index (χ0n) is 5.62. The van der Waals surface area contributed by atoms with Crippen molar-refractivity contribution in [3.8, 4) is 0 Å². The van der Waals surface area contributed by atoms with Crippen molar-refractivity contribution < 1.29 is 13.2 Å². The fourth-order valence-corrected chi connectivity index (χ4v) is 2.21. The molecule has 1 aliphatic carbocycles. The predicted octanol–water partition coefficient (Wildman–Crippen LogP) is 0.0101. The summed E-state index contributed by atoms with van der Waals surface area (Å²) in [7, 11) is -3.04. The van der Waals surface area contributed by atoms with Crippen LogP contribution < -0.4 is 0 Å². The smallest absolute Gasteiger partial charge is 0.157 e. The number of rotatable bonds is 4. The molecule has 0 aromatic rings. The first-order valence-corrected chi connectivity index (χ1v) is 5.10. The second-order valence-electron chi connectivity index (χ2n) is 2.69. The summed E-state index contributed by atoms with van der Waals surface area (Å²) < 4.78 is 21.7. The van der Waals surface area contributed by atoms with E-state index in [4.69, 9.17) is 0 Å². The van der Waals surface area contributed by atoms with Crippen LogP contribution in [0.2, 0.25) is 0 Å². The first-order chi connectivity index (χ1) is 4.64. The van der Waals surface area contributed by atoms with Gasteiger partial charge in [-0.2, -0.15) is 0 Å². The van der Waals surface area contributed by atoms with Crippen LogP contribution in [0.15, 0.2) is 0 Å². The van der Waals surface area contributed by atoms with Gasteiger partial charge in [0.15, 0.2) is 9.84 Å². The maximum atomic E-state index is 10.8. The summed E-state index contributed by atoms with van der Waals surface area (Å²) in [6.07, 6.45) is 2.48. The zero-order chi connectivity index (χ0) is 7.61. The lowest BCUT2D eigenvalue weighted by Crippen LogP contribution is -2.12. The Bertz CT molecular complexity index is 213. The molecule has 0 aromatic carbocycles. The Labute approximate surface area is 60.3 Å². The van der Waals surface area contributed by atoms with Gasteiger partial charge in [-0.1, -0.05) is 0 Å². The highest BCUT2D eigenvalue weighted by molar-refractivity contribution is 7.92. The molecule has 0 heterocycles. The number of hydrogen-bond acceptors (Lipinski definition) is 3. The van der Waals surface area contributed by atoms with Gasteiger partial charge in [0.25, 0.3) is 0 Å². The number of carbonyl (C=O) groups is 1. The molecule has 1 fully saturated rings. The molecule has 1 aliphatic rings. The lowest BCUT2D eigenvalue weighted by atomic mass is 10.5. The Kier molecular flexibility index (Phi) is 2.08. The van der Waals surface area contributed by atoms with Gasteiger partial charge in [0.1, 0.15) is 12.0 Å². The summed E-state index contributed by atoms with van der Waals surface area (Å²) in [4.78, 5) is 9.84. The molecule has 0 unspecified atom stereocenters. The van der Waals surface area contributed by atoms with E-state index in [-0.39, 0.29) is 11.5 Å². The predicted molar refractivity (Wildman–Crippen MR) is 37.4 cm³/mol. The van der Waals surface area contributed by atoms with Crippen molar-refractivity contribution in [1.29, 1.82) is 0 Å². The van der Waals surface area contributed by atoms with E-state index in [1.807, 2.05) is 0 Å². The van der Waals surface area contributed by atoms with Gasteiger partial charge in [0, 0.05) is 0 Å². The van der Waals surface area contributed by atoms with Crippen LogP contribution >= 0.6 is 0 Å². The van der Waals surface area contributed by atoms with Crippen LogP contribution in [0.3, 0.4) is 0 Å². The second-order valence-corrected chi connectivity index (χ2v) is 4.84. The molecule has 1 rings (SSSR count). The standard InChI is InChI=1S/C6H10O3S/c7-3-4-10(8,9)5-6-1-2-6/h3,6H,1-2,4-5H2. The highest BCUT2D eigenvalue weighted by atomic mass is 32.2. The van der Waals surface area contributed by atoms with Gasteiger partial charge in [-0.25, -0.2) is 8.42 Å². The largest absolute Gasteiger partial charge is 0.302 e. The Morgan fingerprint density at radius 3 is 2.40 bits per heavy atom. The molecule has 0 amide bonds. The molecule has 4 heteroatoms. The van der Waals surface area contributed by atoms with Gasteiger partial charge < -0.3 is 4.79 Å². The van der Waals surface area contributed by atoms with Crippen molar-refractivity contribution in [1.82, 2.24) is 0 Å². The van der Waals surface area contributed by atoms with Crippen LogP contribution in [-0.4, -0.2) is 26.2 Å². The number of hydrogen-bond donors (Lipinski definition) is 0. The van der Waals surface area contributed by atoms with E-state index < -0.39 is 9.84 Å². The van der Waals surface area contributed by atoms with E-state index in [9.17, 15) is 13.2 Å². The topological polar surface area (TPSA) is 51.2 Å². The van der Waals surface area contributed by atoms with E-state index in [1.54, 1.807) is 0 Å². The number of sulfone groups is 1. The lowest BCUT2D eigenvalue weighted by Gasteiger charge is -1.94. The third-order valence-corrected chi connectivity index (χ3v) is 3.13. The molecule has 0 N–H and O–H groups in total. The molecule has 58 valence electrons. The van der Waals surface area contributed by atoms with Crippen molar-refractivity contribution in [2.75, 3.05) is 11.5 Å². The number of aldehydes is 1. The van der Waals surface area contributed by atoms with Crippen LogP contribution in [0.4, 0.5) is 0 Å². The lowest BCUT2D eigenvalue weighted by molar-refractivity contribution is -0.105. The van der Waals surface area contributed by atoms with Crippen LogP contribution in [0.1, 0.15) is 12.8 Å². The van der Waals surface area contributed by atoms with E-state index >= 15 is 0 Å². The van der Waals surface area contributed by atoms with Gasteiger partial charge >= 0.3 is 0 Å². The van der Waals surface area contributed by atoms with Crippen LogP contribution in [0.25, 0.3) is 0 Å². The summed E-state index contributed by atoms with van der Waals surface area (Å²) >= 11 is 0. The molecular formula is C6H10O3S. The highest BCUT2D eigenvalue weighted by Gasteiger charge is 2.27. The molecule has 0 aliphatic heterocycles. The van der Waals surface area contributed by atoms with Crippen molar-refractivity contribution in [3.63, 3.8) is 0 Å². The zero-order valence-corrected chi connectivity index (χ0v) is 6.43. The first kappa shape index (κ1) is 7.72. The van der Waals surface area contributed by atoms with Crippen molar-refractivity contribution in [2.24, 2.45) is 5.92 Å². The molecule has 0 spiro atoms. The Hall–Kier alpha value is -0.380. The summed E-state index contributed by atoms with van der Waals surface area (Å²) in [6.45, 7) is 0. The van der Waals surface area contributed by atoms with Crippen molar-refractivity contribution in [3.05, 3.63) is 0 Å². The summed E-state index contributed by atoms with van der Waals surface area (Å²) in [5.74, 6) is 0.264. The second kappa shape index (κ2) is 2.70. The summed E-state index contributed by atoms with van der Waals surface area (Å²) in [5, 5.41) is 0. The average Bonchev–Trinajstić information content (AvgIpc) is 2.48. The van der Waals surface area contributed by atoms with Crippen LogP contribution in [-0.2, 0) is 14.6 Å². The average molecular weight is 162 g/mol. The van der Waals surface area contributed by atoms with Crippen molar-refractivity contribution >= 4 is 16.1 Å². The molecule has 0 aromatic heterocycles. The Morgan fingerprint density at radius 2 is 2.00 bits per heavy atom. The minimum Gasteiger partial charge on any atom is -0.302 e. The fourth-order valence-electron chi connectivity index (χ4n) is 0.815. The molecule has 3 nitrogen and oxygen atoms in total. The van der Waals surface area contributed by atoms with Gasteiger partial charge in [-0.3, -0.25) is 0 Å². The number of carbonyl (C=O) groups excluding carboxylic acids is 1. The maximum Gasteiger partial charge on any atom is 0.157 e. The van der Waals surface area contributed by atoms with Gasteiger partial charge in [-0.05, 0) is 18.8 Å². The van der Waals surface area contributed by atoms with Crippen LogP contribution in [0.5, 0.6) is 0 Å². The quantitative estimate of drug-likeness (QED) is 0.547. The molecule has 0 atom stereocenters. The maximum absolute atomic E-state index is 10.8. The molecule has 0 radical (unpaired) electrons. The Morgan fingerprint density at radius 1 is 1.40 bits per heavy atom. The SMILES string of the molecule is O=CCS(=O)(=O)CC1CC1. The minimum absolute atomic E-state index is 0.214. The summed E-state index contributed by atoms with van der Waals surface area (Å²) in [6, 6.07) is 0. The Balaban J connectivity index is 2.41. The monoisotopic (exact) mass is 162 g/mol. The van der Waals surface area contributed by atoms with E-state index in [0.717, 1.165) is 12.8 Å². The third-order valence-electron chi connectivity index (χ3n) is 1.51. The molecule has 1 saturated carbocycles. The molecule has 0 saturated heterocycles. The normalized spacial score (nSPS) is 18.8. The summed E-state index contributed by atoms with van der Waals surface area (Å²) in [5.41, 5.74) is 0. The first-order valence-electron chi connectivity index (χ1n) is 3.28. The van der Waals surface area contributed by atoms with Gasteiger partial charge in [0.2, 0.25) is 0 Å². The molecule has 0 bridgehead atoms. The van der Waals surface area contributed by atoms with Crippen molar-refractivity contribution in [2.45, 2.75) is 12.8 Å². The molecule has 10 heavy (non-hydrogen) atoms. The van der Waals surface area contributed by atoms with E-state index in [1.165, 1.54) is 0 Å². The van der Waals surface area contributed by atoms with Crippen LogP contribution in [0, 0.1) is 5.92 Å². The van der Waals surface area contributed by atoms with Gasteiger partial charge in [-0.15, -0.1) is 0 Å². The van der Waals surface area contributed by atoms with Gasteiger partial charge in [0.05, 0.1) is 5.75 Å². The van der Waals surface area contributed by atoms with E-state index in [0.29, 0.717) is 12.2 Å².